The van der Waals surface area contributed by atoms with E-state index < -0.39 is 0 Å². The zero-order valence-electron chi connectivity index (χ0n) is 20.0. The number of hydrogen-bond acceptors (Lipinski definition) is 3. The molecular weight excluding hydrogens is 398 g/mol. The molecule has 170 valence electrons. The SMILES string of the molecule is CC(=O)OC(c1cc(-n2c(C)ccc2C)nc(-n2c(C)ccc2C)c1)C1CCCCCC1. The summed E-state index contributed by atoms with van der Waals surface area (Å²) < 4.78 is 10.4. The van der Waals surface area contributed by atoms with E-state index in [0.717, 1.165) is 52.8 Å². The fraction of sp³-hybridized carbons (Fsp3) is 0.481. The molecule has 32 heavy (non-hydrogen) atoms. The highest BCUT2D eigenvalue weighted by Gasteiger charge is 2.28. The Balaban J connectivity index is 1.90. The summed E-state index contributed by atoms with van der Waals surface area (Å²) in [6.07, 6.45) is 6.84. The van der Waals surface area contributed by atoms with Crippen LogP contribution in [0.25, 0.3) is 11.6 Å². The summed E-state index contributed by atoms with van der Waals surface area (Å²) in [5, 5.41) is 0. The van der Waals surface area contributed by atoms with E-state index in [9.17, 15) is 4.79 Å². The lowest BCUT2D eigenvalue weighted by atomic mass is 9.89. The van der Waals surface area contributed by atoms with Gasteiger partial charge in [-0.25, -0.2) is 4.98 Å². The van der Waals surface area contributed by atoms with Gasteiger partial charge in [0.2, 0.25) is 0 Å². The van der Waals surface area contributed by atoms with Crippen molar-refractivity contribution in [2.45, 2.75) is 79.2 Å². The predicted octanol–water partition coefficient (Wildman–Crippen LogP) is 6.47. The van der Waals surface area contributed by atoms with Crippen molar-refractivity contribution in [3.05, 3.63) is 64.7 Å². The number of aromatic nitrogens is 3. The Morgan fingerprint density at radius 3 is 1.69 bits per heavy atom. The van der Waals surface area contributed by atoms with Gasteiger partial charge in [-0.3, -0.25) is 4.79 Å². The molecule has 0 saturated heterocycles. The molecule has 0 bridgehead atoms. The van der Waals surface area contributed by atoms with E-state index in [2.05, 4.69) is 73.2 Å². The number of carbonyl (C=O) groups is 1. The minimum absolute atomic E-state index is 0.221. The molecule has 4 rings (SSSR count). The highest BCUT2D eigenvalue weighted by molar-refractivity contribution is 5.66. The zero-order chi connectivity index (χ0) is 22.8. The highest BCUT2D eigenvalue weighted by atomic mass is 16.5. The van der Waals surface area contributed by atoms with Crippen LogP contribution in [-0.2, 0) is 9.53 Å². The third-order valence-electron chi connectivity index (χ3n) is 6.77. The molecule has 1 fully saturated rings. The zero-order valence-corrected chi connectivity index (χ0v) is 20.0. The van der Waals surface area contributed by atoms with Crippen LogP contribution in [0.2, 0.25) is 0 Å². The van der Waals surface area contributed by atoms with Crippen LogP contribution in [0.3, 0.4) is 0 Å². The van der Waals surface area contributed by atoms with Crippen LogP contribution in [0.15, 0.2) is 36.4 Å². The van der Waals surface area contributed by atoms with Crippen molar-refractivity contribution in [3.8, 4) is 11.6 Å². The van der Waals surface area contributed by atoms with Gasteiger partial charge in [0.15, 0.2) is 0 Å². The van der Waals surface area contributed by atoms with Crippen LogP contribution in [0.5, 0.6) is 0 Å². The van der Waals surface area contributed by atoms with Crippen LogP contribution in [-0.4, -0.2) is 20.1 Å². The second-order valence-corrected chi connectivity index (χ2v) is 9.30. The lowest BCUT2D eigenvalue weighted by Gasteiger charge is -2.27. The standard InChI is InChI=1S/C27H35N3O2/c1-18-12-13-19(2)29(18)25-16-24(17-26(28-25)30-20(3)14-15-21(30)4)27(32-22(5)31)23-10-8-6-7-9-11-23/h12-17,23,27H,6-11H2,1-5H3. The number of pyridine rings is 1. The lowest BCUT2D eigenvalue weighted by Crippen LogP contribution is -2.20. The van der Waals surface area contributed by atoms with Gasteiger partial charge in [0.05, 0.1) is 0 Å². The first-order valence-corrected chi connectivity index (χ1v) is 11.8. The number of aryl methyl sites for hydroxylation is 4. The normalized spacial score (nSPS) is 16.0. The predicted molar refractivity (Wildman–Crippen MR) is 128 cm³/mol. The Morgan fingerprint density at radius 2 is 1.28 bits per heavy atom. The molecule has 1 saturated carbocycles. The van der Waals surface area contributed by atoms with Crippen LogP contribution >= 0.6 is 0 Å². The fourth-order valence-corrected chi connectivity index (χ4v) is 5.20. The third kappa shape index (κ3) is 4.52. The van der Waals surface area contributed by atoms with Crippen LogP contribution < -0.4 is 0 Å². The fourth-order valence-electron chi connectivity index (χ4n) is 5.20. The Morgan fingerprint density at radius 1 is 0.844 bits per heavy atom. The molecule has 1 unspecified atom stereocenters. The van der Waals surface area contributed by atoms with Crippen LogP contribution in [0.4, 0.5) is 0 Å². The lowest BCUT2D eigenvalue weighted by molar-refractivity contribution is -0.150. The van der Waals surface area contributed by atoms with Crippen molar-refractivity contribution < 1.29 is 9.53 Å². The van der Waals surface area contributed by atoms with Crippen molar-refractivity contribution >= 4 is 5.97 Å². The number of esters is 1. The van der Waals surface area contributed by atoms with Gasteiger partial charge in [-0.15, -0.1) is 0 Å². The quantitative estimate of drug-likeness (QED) is 0.342. The minimum atomic E-state index is -0.251. The van der Waals surface area contributed by atoms with E-state index in [4.69, 9.17) is 9.72 Å². The molecule has 0 aromatic carbocycles. The summed E-state index contributed by atoms with van der Waals surface area (Å²) in [6.45, 7) is 9.92. The van der Waals surface area contributed by atoms with Gasteiger partial charge in [0.1, 0.15) is 17.7 Å². The van der Waals surface area contributed by atoms with E-state index in [1.54, 1.807) is 0 Å². The van der Waals surface area contributed by atoms with E-state index in [1.165, 1.54) is 32.6 Å². The number of hydrogen-bond donors (Lipinski definition) is 0. The summed E-state index contributed by atoms with van der Waals surface area (Å²) >= 11 is 0. The first-order valence-electron chi connectivity index (χ1n) is 11.8. The minimum Gasteiger partial charge on any atom is -0.457 e. The summed E-state index contributed by atoms with van der Waals surface area (Å²) in [6, 6.07) is 12.7. The average Bonchev–Trinajstić information content (AvgIpc) is 3.13. The largest absolute Gasteiger partial charge is 0.457 e. The molecule has 5 nitrogen and oxygen atoms in total. The van der Waals surface area contributed by atoms with E-state index >= 15 is 0 Å². The molecule has 0 N–H and O–H groups in total. The molecule has 0 aliphatic heterocycles. The first-order chi connectivity index (χ1) is 15.3. The topological polar surface area (TPSA) is 49.1 Å². The Kier molecular flexibility index (Phi) is 6.54. The number of carbonyl (C=O) groups excluding carboxylic acids is 1. The van der Waals surface area contributed by atoms with Crippen molar-refractivity contribution in [1.82, 2.24) is 14.1 Å². The van der Waals surface area contributed by atoms with E-state index in [0.29, 0.717) is 5.92 Å². The molecule has 1 aliphatic rings. The van der Waals surface area contributed by atoms with Gasteiger partial charge in [0, 0.05) is 41.2 Å². The van der Waals surface area contributed by atoms with Crippen molar-refractivity contribution in [2.75, 3.05) is 0 Å². The molecule has 1 aliphatic carbocycles. The molecule has 1 atom stereocenters. The highest BCUT2D eigenvalue weighted by Crippen LogP contribution is 2.37. The van der Waals surface area contributed by atoms with Gasteiger partial charge in [-0.1, -0.05) is 25.7 Å². The molecule has 3 heterocycles. The van der Waals surface area contributed by atoms with Crippen LogP contribution in [0, 0.1) is 33.6 Å². The van der Waals surface area contributed by atoms with Gasteiger partial charge in [0.25, 0.3) is 0 Å². The Hall–Kier alpha value is -2.82. The second-order valence-electron chi connectivity index (χ2n) is 9.30. The van der Waals surface area contributed by atoms with Gasteiger partial charge < -0.3 is 13.9 Å². The summed E-state index contributed by atoms with van der Waals surface area (Å²) in [4.78, 5) is 17.2. The van der Waals surface area contributed by atoms with Crippen molar-refractivity contribution in [1.29, 1.82) is 0 Å². The molecule has 0 radical (unpaired) electrons. The maximum Gasteiger partial charge on any atom is 0.303 e. The van der Waals surface area contributed by atoms with E-state index in [-0.39, 0.29) is 12.1 Å². The summed E-state index contributed by atoms with van der Waals surface area (Å²) in [5.41, 5.74) is 5.58. The third-order valence-corrected chi connectivity index (χ3v) is 6.77. The monoisotopic (exact) mass is 433 g/mol. The maximum atomic E-state index is 12.2. The maximum absolute atomic E-state index is 12.2. The smallest absolute Gasteiger partial charge is 0.303 e. The number of nitrogens with zero attached hydrogens (tertiary/aromatic N) is 3. The molecule has 3 aromatic rings. The van der Waals surface area contributed by atoms with Crippen molar-refractivity contribution in [3.63, 3.8) is 0 Å². The number of rotatable bonds is 5. The molecule has 5 heteroatoms. The van der Waals surface area contributed by atoms with Gasteiger partial charge >= 0.3 is 5.97 Å². The van der Waals surface area contributed by atoms with Gasteiger partial charge in [-0.2, -0.15) is 0 Å². The Bertz CT molecular complexity index is 997. The number of ether oxygens (including phenoxy) is 1. The van der Waals surface area contributed by atoms with Crippen molar-refractivity contribution in [2.24, 2.45) is 5.92 Å². The molecule has 0 amide bonds. The van der Waals surface area contributed by atoms with E-state index in [1.807, 2.05) is 0 Å². The van der Waals surface area contributed by atoms with Gasteiger partial charge in [-0.05, 0) is 76.9 Å². The summed E-state index contributed by atoms with van der Waals surface area (Å²) in [5.74, 6) is 1.86. The first kappa shape index (κ1) is 22.4. The molecule has 3 aromatic heterocycles. The Labute approximate surface area is 191 Å². The second kappa shape index (κ2) is 9.35. The summed E-state index contributed by atoms with van der Waals surface area (Å²) in [7, 11) is 0. The molecular formula is C27H35N3O2. The molecule has 0 spiro atoms. The average molecular weight is 434 g/mol. The van der Waals surface area contributed by atoms with Crippen LogP contribution in [0.1, 0.15) is 79.9 Å².